The Kier molecular flexibility index (Phi) is 4.71. The predicted molar refractivity (Wildman–Crippen MR) is 123 cm³/mol. The summed E-state index contributed by atoms with van der Waals surface area (Å²) >= 11 is 1.46. The molecule has 0 saturated heterocycles. The molecular formula is C24H22N4OS. The Morgan fingerprint density at radius 3 is 2.67 bits per heavy atom. The van der Waals surface area contributed by atoms with Crippen LogP contribution in [0.1, 0.15) is 27.2 Å². The van der Waals surface area contributed by atoms with Gasteiger partial charge in [0.15, 0.2) is 0 Å². The van der Waals surface area contributed by atoms with Gasteiger partial charge in [-0.15, -0.1) is 11.3 Å². The highest BCUT2D eigenvalue weighted by Gasteiger charge is 2.28. The summed E-state index contributed by atoms with van der Waals surface area (Å²) in [5.41, 5.74) is 4.25. The van der Waals surface area contributed by atoms with Crippen LogP contribution in [-0.2, 0) is 6.42 Å². The van der Waals surface area contributed by atoms with Crippen LogP contribution < -0.4 is 9.80 Å². The van der Waals surface area contributed by atoms with Gasteiger partial charge in [0.05, 0.1) is 10.3 Å². The molecule has 30 heavy (non-hydrogen) atoms. The second-order valence-electron chi connectivity index (χ2n) is 7.52. The molecule has 0 aliphatic carbocycles. The van der Waals surface area contributed by atoms with Crippen LogP contribution in [0.15, 0.2) is 60.9 Å². The molecule has 6 heteroatoms. The van der Waals surface area contributed by atoms with Gasteiger partial charge in [0, 0.05) is 25.0 Å². The summed E-state index contributed by atoms with van der Waals surface area (Å²) in [6.45, 7) is 2.75. The molecule has 1 aliphatic heterocycles. The van der Waals surface area contributed by atoms with Gasteiger partial charge in [-0.05, 0) is 49.1 Å². The van der Waals surface area contributed by atoms with E-state index >= 15 is 0 Å². The number of carbonyl (C=O) groups excluding carboxylic acids is 1. The number of thiophene rings is 1. The van der Waals surface area contributed by atoms with E-state index in [0.29, 0.717) is 0 Å². The molecular weight excluding hydrogens is 392 g/mol. The van der Waals surface area contributed by atoms with Crippen LogP contribution in [0.3, 0.4) is 0 Å². The minimum atomic E-state index is 0.0518. The summed E-state index contributed by atoms with van der Waals surface area (Å²) in [6.07, 6.45) is 3.58. The average molecular weight is 415 g/mol. The van der Waals surface area contributed by atoms with Crippen LogP contribution in [0.2, 0.25) is 0 Å². The molecule has 0 N–H and O–H groups in total. The van der Waals surface area contributed by atoms with Crippen molar-refractivity contribution in [1.82, 2.24) is 9.97 Å². The topological polar surface area (TPSA) is 49.3 Å². The van der Waals surface area contributed by atoms with E-state index in [1.807, 2.05) is 72.3 Å². The van der Waals surface area contributed by atoms with E-state index in [1.54, 1.807) is 6.33 Å². The SMILES string of the molecule is Cc1c(C(=O)N2CCCc3ccccc32)sc2ncnc(N(C)c3ccccc3)c12. The molecule has 0 fully saturated rings. The van der Waals surface area contributed by atoms with Crippen molar-refractivity contribution in [2.75, 3.05) is 23.4 Å². The van der Waals surface area contributed by atoms with Crippen LogP contribution in [0.4, 0.5) is 17.2 Å². The molecule has 0 unspecified atom stereocenters. The highest BCUT2D eigenvalue weighted by Crippen LogP contribution is 2.38. The van der Waals surface area contributed by atoms with Crippen molar-refractivity contribution in [2.24, 2.45) is 0 Å². The van der Waals surface area contributed by atoms with Crippen molar-refractivity contribution < 1.29 is 4.79 Å². The van der Waals surface area contributed by atoms with Gasteiger partial charge in [-0.2, -0.15) is 0 Å². The zero-order valence-corrected chi connectivity index (χ0v) is 17.8. The lowest BCUT2D eigenvalue weighted by molar-refractivity contribution is 0.0988. The number of benzene rings is 2. The Hall–Kier alpha value is -3.25. The lowest BCUT2D eigenvalue weighted by Gasteiger charge is -2.29. The second-order valence-corrected chi connectivity index (χ2v) is 8.52. The fourth-order valence-corrected chi connectivity index (χ4v) is 5.24. The molecule has 0 spiro atoms. The maximum atomic E-state index is 13.6. The average Bonchev–Trinajstić information content (AvgIpc) is 3.15. The number of amides is 1. The number of anilines is 3. The molecule has 150 valence electrons. The molecule has 0 bridgehead atoms. The lowest BCUT2D eigenvalue weighted by Crippen LogP contribution is -2.35. The van der Waals surface area contributed by atoms with Crippen LogP contribution in [0.5, 0.6) is 0 Å². The zero-order valence-electron chi connectivity index (χ0n) is 17.0. The van der Waals surface area contributed by atoms with Crippen LogP contribution >= 0.6 is 11.3 Å². The summed E-state index contributed by atoms with van der Waals surface area (Å²) in [5, 5.41) is 0.947. The number of hydrogen-bond donors (Lipinski definition) is 0. The fraction of sp³-hybridized carbons (Fsp3) is 0.208. The molecule has 0 radical (unpaired) electrons. The van der Waals surface area contributed by atoms with Gasteiger partial charge in [-0.25, -0.2) is 9.97 Å². The number of rotatable bonds is 3. The van der Waals surface area contributed by atoms with Crippen molar-refractivity contribution in [3.63, 3.8) is 0 Å². The summed E-state index contributed by atoms with van der Waals surface area (Å²) in [7, 11) is 2.00. The summed E-state index contributed by atoms with van der Waals surface area (Å²) < 4.78 is 0. The summed E-state index contributed by atoms with van der Waals surface area (Å²) in [5.74, 6) is 0.869. The van der Waals surface area contributed by atoms with Crippen LogP contribution in [0.25, 0.3) is 10.2 Å². The largest absolute Gasteiger partial charge is 0.329 e. The third-order valence-corrected chi connectivity index (χ3v) is 6.91. The Balaban J connectivity index is 1.59. The van der Waals surface area contributed by atoms with Gasteiger partial charge in [-0.1, -0.05) is 36.4 Å². The van der Waals surface area contributed by atoms with Gasteiger partial charge in [0.25, 0.3) is 5.91 Å². The number of para-hydroxylation sites is 2. The van der Waals surface area contributed by atoms with Gasteiger partial charge in [0.1, 0.15) is 17.0 Å². The van der Waals surface area contributed by atoms with Crippen molar-refractivity contribution in [1.29, 1.82) is 0 Å². The minimum Gasteiger partial charge on any atom is -0.329 e. The van der Waals surface area contributed by atoms with Crippen molar-refractivity contribution in [3.05, 3.63) is 76.9 Å². The van der Waals surface area contributed by atoms with Gasteiger partial charge < -0.3 is 9.80 Å². The standard InChI is InChI=1S/C24H22N4OS/c1-16-20-22(27(2)18-11-4-3-5-12-18)25-15-26-23(20)30-21(16)24(29)28-14-8-10-17-9-6-7-13-19(17)28/h3-7,9,11-13,15H,8,10,14H2,1-2H3. The Morgan fingerprint density at radius 2 is 1.83 bits per heavy atom. The summed E-state index contributed by atoms with van der Waals surface area (Å²) in [6, 6.07) is 18.3. The first-order chi connectivity index (χ1) is 14.6. The van der Waals surface area contributed by atoms with Crippen molar-refractivity contribution in [2.45, 2.75) is 19.8 Å². The third-order valence-electron chi connectivity index (χ3n) is 5.72. The van der Waals surface area contributed by atoms with Crippen molar-refractivity contribution >= 4 is 44.7 Å². The Bertz CT molecular complexity index is 1230. The molecule has 3 heterocycles. The first kappa shape index (κ1) is 18.8. The van der Waals surface area contributed by atoms with Crippen molar-refractivity contribution in [3.8, 4) is 0 Å². The second kappa shape index (κ2) is 7.54. The number of aryl methyl sites for hydroxylation is 2. The molecule has 4 aromatic rings. The fourth-order valence-electron chi connectivity index (χ4n) is 4.15. The van der Waals surface area contributed by atoms with Crippen LogP contribution in [0, 0.1) is 6.92 Å². The Morgan fingerprint density at radius 1 is 1.07 bits per heavy atom. The monoisotopic (exact) mass is 414 g/mol. The van der Waals surface area contributed by atoms with Crippen LogP contribution in [-0.4, -0.2) is 29.5 Å². The maximum Gasteiger partial charge on any atom is 0.268 e. The van der Waals surface area contributed by atoms with E-state index in [4.69, 9.17) is 0 Å². The van der Waals surface area contributed by atoms with E-state index in [9.17, 15) is 4.79 Å². The van der Waals surface area contributed by atoms with E-state index in [0.717, 1.165) is 57.2 Å². The van der Waals surface area contributed by atoms with E-state index in [-0.39, 0.29) is 5.91 Å². The number of aromatic nitrogens is 2. The number of carbonyl (C=O) groups is 1. The number of nitrogens with zero attached hydrogens (tertiary/aromatic N) is 4. The number of fused-ring (bicyclic) bond motifs is 2. The highest BCUT2D eigenvalue weighted by molar-refractivity contribution is 7.20. The molecule has 2 aromatic carbocycles. The Labute approximate surface area is 179 Å². The first-order valence-corrected chi connectivity index (χ1v) is 10.9. The molecule has 2 aromatic heterocycles. The van der Waals surface area contributed by atoms with E-state index in [1.165, 1.54) is 16.9 Å². The molecule has 5 nitrogen and oxygen atoms in total. The van der Waals surface area contributed by atoms with E-state index < -0.39 is 0 Å². The van der Waals surface area contributed by atoms with Gasteiger partial charge in [0.2, 0.25) is 0 Å². The maximum absolute atomic E-state index is 13.6. The smallest absolute Gasteiger partial charge is 0.268 e. The molecule has 5 rings (SSSR count). The summed E-state index contributed by atoms with van der Waals surface area (Å²) in [4.78, 5) is 28.2. The zero-order chi connectivity index (χ0) is 20.7. The highest BCUT2D eigenvalue weighted by atomic mass is 32.1. The first-order valence-electron chi connectivity index (χ1n) is 10.1. The predicted octanol–water partition coefficient (Wildman–Crippen LogP) is 5.36. The van der Waals surface area contributed by atoms with E-state index in [2.05, 4.69) is 16.0 Å². The molecule has 1 amide bonds. The quantitative estimate of drug-likeness (QED) is 0.453. The van der Waals surface area contributed by atoms with Gasteiger partial charge in [-0.3, -0.25) is 4.79 Å². The molecule has 1 aliphatic rings. The van der Waals surface area contributed by atoms with Gasteiger partial charge >= 0.3 is 0 Å². The normalized spacial score (nSPS) is 13.3. The number of hydrogen-bond acceptors (Lipinski definition) is 5. The molecule has 0 saturated carbocycles. The molecule has 0 atom stereocenters. The third kappa shape index (κ3) is 3.04. The lowest BCUT2D eigenvalue weighted by atomic mass is 10.0. The minimum absolute atomic E-state index is 0.0518.